The first-order valence-corrected chi connectivity index (χ1v) is 15.7. The maximum Gasteiger partial charge on any atom is 0.328 e. The van der Waals surface area contributed by atoms with E-state index in [0.29, 0.717) is 45.2 Å². The smallest absolute Gasteiger partial charge is 0.328 e. The molecule has 0 unspecified atom stereocenters. The SMILES string of the molecule is CN[C@@H](C)C(=O)N[C@H]1CCOc2cn(nn2)CCCC[C@@H](C(=O)OC)NC(=O)[C@H](Cc2ccccc2)NC(=O)[C@@H]2CCCN2C1=O. The second-order valence-corrected chi connectivity index (χ2v) is 11.5. The summed E-state index contributed by atoms with van der Waals surface area (Å²) in [5, 5.41) is 19.4. The molecule has 2 aliphatic heterocycles. The van der Waals surface area contributed by atoms with Gasteiger partial charge in [-0.25, -0.2) is 9.48 Å². The van der Waals surface area contributed by atoms with Gasteiger partial charge in [0.15, 0.2) is 0 Å². The summed E-state index contributed by atoms with van der Waals surface area (Å²) in [6, 6.07) is 4.86. The monoisotopic (exact) mass is 640 g/mol. The molecule has 4 amide bonds. The predicted octanol–water partition coefficient (Wildman–Crippen LogP) is -0.300. The third-order valence-electron chi connectivity index (χ3n) is 8.30. The fourth-order valence-corrected chi connectivity index (χ4v) is 5.54. The van der Waals surface area contributed by atoms with E-state index < -0.39 is 53.9 Å². The summed E-state index contributed by atoms with van der Waals surface area (Å²) in [6.45, 7) is 2.53. The number of hydrogen-bond acceptors (Lipinski definition) is 10. The van der Waals surface area contributed by atoms with Crippen LogP contribution in [0, 0.1) is 0 Å². The van der Waals surface area contributed by atoms with Crippen molar-refractivity contribution >= 4 is 29.6 Å². The number of ether oxygens (including phenoxy) is 2. The zero-order valence-corrected chi connectivity index (χ0v) is 26.6. The Hall–Kier alpha value is -4.53. The van der Waals surface area contributed by atoms with Crippen molar-refractivity contribution < 1.29 is 33.4 Å². The Morgan fingerprint density at radius 2 is 1.83 bits per heavy atom. The topological polar surface area (TPSA) is 186 Å². The van der Waals surface area contributed by atoms with E-state index in [0.717, 1.165) is 5.56 Å². The highest BCUT2D eigenvalue weighted by atomic mass is 16.5. The van der Waals surface area contributed by atoms with E-state index in [1.165, 1.54) is 12.0 Å². The molecule has 15 heteroatoms. The summed E-state index contributed by atoms with van der Waals surface area (Å²) in [6.07, 6.45) is 4.38. The number of fused-ring (bicyclic) bond motifs is 3. The third kappa shape index (κ3) is 9.25. The molecule has 4 rings (SSSR count). The molecule has 1 fully saturated rings. The standard InChI is InChI=1S/C31H44N8O7/c1-20(32-2)27(40)33-22-14-17-46-26-19-38(37-36-26)15-8-7-12-23(31(44)45-3)34-28(41)24(18-21-10-5-4-6-11-21)35-29(42)25-13-9-16-39(25)30(22)43/h4-6,10-11,19-20,22-25,32H,7-9,12-18H2,1-3H3,(H,33,40)(H,34,41)(H,35,42)/t20-,22-,23-,24-,25-/m0/s1. The Bertz CT molecular complexity index is 1350. The fraction of sp³-hybridized carbons (Fsp3) is 0.581. The van der Waals surface area contributed by atoms with Gasteiger partial charge in [0, 0.05) is 25.9 Å². The first kappa shape index (κ1) is 34.3. The first-order valence-electron chi connectivity index (χ1n) is 15.7. The molecule has 0 aliphatic carbocycles. The third-order valence-corrected chi connectivity index (χ3v) is 8.30. The summed E-state index contributed by atoms with van der Waals surface area (Å²) < 4.78 is 12.3. The average molecular weight is 641 g/mol. The molecule has 1 aromatic heterocycles. The Morgan fingerprint density at radius 3 is 2.57 bits per heavy atom. The van der Waals surface area contributed by atoms with Gasteiger partial charge in [0.2, 0.25) is 23.6 Å². The number of aromatic nitrogens is 3. The zero-order chi connectivity index (χ0) is 33.1. The lowest BCUT2D eigenvalue weighted by atomic mass is 10.0. The van der Waals surface area contributed by atoms with Crippen molar-refractivity contribution in [2.24, 2.45) is 0 Å². The molecule has 0 spiro atoms. The van der Waals surface area contributed by atoms with Crippen molar-refractivity contribution in [2.75, 3.05) is 27.3 Å². The molecule has 3 heterocycles. The molecule has 2 aliphatic rings. The number of likely N-dealkylation sites (N-methyl/N-ethyl adjacent to an activating group) is 1. The highest BCUT2D eigenvalue weighted by molar-refractivity contribution is 5.96. The Morgan fingerprint density at radius 1 is 1.04 bits per heavy atom. The minimum atomic E-state index is -1.03. The average Bonchev–Trinajstić information content (AvgIpc) is 3.74. The summed E-state index contributed by atoms with van der Waals surface area (Å²) in [5.74, 6) is -2.16. The Balaban J connectivity index is 1.62. The van der Waals surface area contributed by atoms with Crippen LogP contribution in [-0.4, -0.2) is 107 Å². The molecule has 46 heavy (non-hydrogen) atoms. The number of hydrogen-bond donors (Lipinski definition) is 4. The van der Waals surface area contributed by atoms with Crippen molar-refractivity contribution in [1.82, 2.24) is 41.2 Å². The van der Waals surface area contributed by atoms with Crippen LogP contribution >= 0.6 is 0 Å². The number of nitrogens with zero attached hydrogens (tertiary/aromatic N) is 4. The molecule has 5 atom stereocenters. The van der Waals surface area contributed by atoms with E-state index in [4.69, 9.17) is 9.47 Å². The van der Waals surface area contributed by atoms with Gasteiger partial charge < -0.3 is 35.6 Å². The molecule has 2 bridgehead atoms. The number of rotatable bonds is 6. The van der Waals surface area contributed by atoms with Gasteiger partial charge >= 0.3 is 5.97 Å². The summed E-state index contributed by atoms with van der Waals surface area (Å²) in [7, 11) is 2.90. The van der Waals surface area contributed by atoms with E-state index in [1.807, 2.05) is 30.3 Å². The highest BCUT2D eigenvalue weighted by Gasteiger charge is 2.39. The molecular formula is C31H44N8O7. The fourth-order valence-electron chi connectivity index (χ4n) is 5.54. The number of benzene rings is 1. The number of amides is 4. The van der Waals surface area contributed by atoms with Gasteiger partial charge in [-0.3, -0.25) is 19.2 Å². The Labute approximate surface area is 268 Å². The van der Waals surface area contributed by atoms with E-state index >= 15 is 0 Å². The van der Waals surface area contributed by atoms with Gasteiger partial charge in [-0.1, -0.05) is 40.6 Å². The number of methoxy groups -OCH3 is 1. The van der Waals surface area contributed by atoms with E-state index in [-0.39, 0.29) is 31.2 Å². The highest BCUT2D eigenvalue weighted by Crippen LogP contribution is 2.20. The molecule has 15 nitrogen and oxygen atoms in total. The molecule has 0 saturated carbocycles. The van der Waals surface area contributed by atoms with Crippen LogP contribution in [0.4, 0.5) is 0 Å². The van der Waals surface area contributed by atoms with E-state index in [9.17, 15) is 24.0 Å². The number of nitrogens with one attached hydrogen (secondary N) is 4. The summed E-state index contributed by atoms with van der Waals surface area (Å²) >= 11 is 0. The van der Waals surface area contributed by atoms with Crippen LogP contribution in [0.1, 0.15) is 51.0 Å². The maximum atomic E-state index is 13.9. The van der Waals surface area contributed by atoms with Crippen LogP contribution in [0.15, 0.2) is 36.5 Å². The number of esters is 1. The van der Waals surface area contributed by atoms with Gasteiger partial charge in [0.25, 0.3) is 5.88 Å². The second-order valence-electron chi connectivity index (χ2n) is 11.5. The van der Waals surface area contributed by atoms with Gasteiger partial charge in [0.1, 0.15) is 24.2 Å². The largest absolute Gasteiger partial charge is 0.475 e. The second kappa shape index (κ2) is 16.7. The predicted molar refractivity (Wildman–Crippen MR) is 165 cm³/mol. The quantitative estimate of drug-likeness (QED) is 0.306. The van der Waals surface area contributed by atoms with Crippen molar-refractivity contribution in [3.63, 3.8) is 0 Å². The van der Waals surface area contributed by atoms with Gasteiger partial charge in [0.05, 0.1) is 26.0 Å². The lowest BCUT2D eigenvalue weighted by Crippen LogP contribution is -2.58. The zero-order valence-electron chi connectivity index (χ0n) is 26.6. The minimum absolute atomic E-state index is 0.0636. The van der Waals surface area contributed by atoms with Crippen molar-refractivity contribution in [3.05, 3.63) is 42.1 Å². The number of carbonyl (C=O) groups is 5. The molecule has 250 valence electrons. The first-order chi connectivity index (χ1) is 22.2. The number of aryl methyl sites for hydroxylation is 1. The molecular weight excluding hydrogens is 596 g/mol. The summed E-state index contributed by atoms with van der Waals surface area (Å²) in [4.78, 5) is 68.3. The molecule has 2 aromatic rings. The van der Waals surface area contributed by atoms with E-state index in [2.05, 4.69) is 31.6 Å². The lowest BCUT2D eigenvalue weighted by Gasteiger charge is -2.30. The van der Waals surface area contributed by atoms with Gasteiger partial charge in [-0.2, -0.15) is 0 Å². The van der Waals surface area contributed by atoms with E-state index in [1.54, 1.807) is 24.9 Å². The normalized spacial score (nSPS) is 24.1. The van der Waals surface area contributed by atoms with Gasteiger partial charge in [-0.15, -0.1) is 0 Å². The molecule has 1 aromatic carbocycles. The van der Waals surface area contributed by atoms with Crippen LogP contribution in [0.25, 0.3) is 0 Å². The van der Waals surface area contributed by atoms with Crippen LogP contribution in [0.2, 0.25) is 0 Å². The summed E-state index contributed by atoms with van der Waals surface area (Å²) in [5.41, 5.74) is 0.806. The van der Waals surface area contributed by atoms with Crippen molar-refractivity contribution in [2.45, 2.75) is 88.6 Å². The Kier molecular flexibility index (Phi) is 12.5. The van der Waals surface area contributed by atoms with Crippen molar-refractivity contribution in [1.29, 1.82) is 0 Å². The van der Waals surface area contributed by atoms with Crippen LogP contribution in [0.3, 0.4) is 0 Å². The minimum Gasteiger partial charge on any atom is -0.475 e. The van der Waals surface area contributed by atoms with Gasteiger partial charge in [-0.05, 0) is 51.6 Å². The lowest BCUT2D eigenvalue weighted by molar-refractivity contribution is -0.146. The molecule has 0 radical (unpaired) electrons. The van der Waals surface area contributed by atoms with Crippen LogP contribution in [0.5, 0.6) is 5.88 Å². The maximum absolute atomic E-state index is 13.9. The molecule has 4 N–H and O–H groups in total. The number of carbonyl (C=O) groups excluding carboxylic acids is 5. The molecule has 1 saturated heterocycles. The van der Waals surface area contributed by atoms with Crippen LogP contribution < -0.4 is 26.0 Å². The van der Waals surface area contributed by atoms with Crippen molar-refractivity contribution in [3.8, 4) is 5.88 Å². The van der Waals surface area contributed by atoms with Crippen LogP contribution in [-0.2, 0) is 41.7 Å².